The van der Waals surface area contributed by atoms with E-state index in [9.17, 15) is 0 Å². The molecule has 7 heteroatoms. The van der Waals surface area contributed by atoms with Gasteiger partial charge < -0.3 is 29.5 Å². The molecule has 0 saturated carbocycles. The summed E-state index contributed by atoms with van der Waals surface area (Å²) in [5.74, 6) is 0. The van der Waals surface area contributed by atoms with E-state index in [1.54, 1.807) is 0 Å². The highest BCUT2D eigenvalue weighted by Crippen LogP contribution is 2.19. The Morgan fingerprint density at radius 1 is 0.905 bits per heavy atom. The molecule has 0 aliphatic carbocycles. The summed E-state index contributed by atoms with van der Waals surface area (Å²) in [6.45, 7) is 6.56. The Bertz CT molecular complexity index is 304. The lowest BCUT2D eigenvalue weighted by Gasteiger charge is -2.27. The summed E-state index contributed by atoms with van der Waals surface area (Å²) in [5.41, 5.74) is 0. The van der Waals surface area contributed by atoms with Gasteiger partial charge in [0.25, 0.3) is 0 Å². The van der Waals surface area contributed by atoms with Gasteiger partial charge in [-0.2, -0.15) is 5.06 Å². The van der Waals surface area contributed by atoms with Crippen LogP contribution in [-0.2, 0) is 18.9 Å². The van der Waals surface area contributed by atoms with Crippen molar-refractivity contribution in [3.63, 3.8) is 0 Å². The van der Waals surface area contributed by atoms with E-state index in [-0.39, 0.29) is 6.10 Å². The maximum Gasteiger partial charge on any atom is 0.0835 e. The average molecular weight is 302 g/mol. The van der Waals surface area contributed by atoms with Gasteiger partial charge in [0.1, 0.15) is 0 Å². The second kappa shape index (κ2) is 7.82. The van der Waals surface area contributed by atoms with E-state index < -0.39 is 0 Å². The number of ether oxygens (including phenoxy) is 4. The third-order valence-corrected chi connectivity index (χ3v) is 3.98. The SMILES string of the molecule is C1COC(C[C@H]2CO2)CN1.ON1CCOC(C[C@H]2CO2)C1. The fraction of sp³-hybridized carbons (Fsp3) is 1.00. The van der Waals surface area contributed by atoms with Gasteiger partial charge in [-0.25, -0.2) is 0 Å². The van der Waals surface area contributed by atoms with Crippen molar-refractivity contribution in [1.82, 2.24) is 10.4 Å². The van der Waals surface area contributed by atoms with E-state index in [1.807, 2.05) is 0 Å². The van der Waals surface area contributed by atoms with Gasteiger partial charge >= 0.3 is 0 Å². The second-order valence-electron chi connectivity index (χ2n) is 5.98. The van der Waals surface area contributed by atoms with Crippen LogP contribution >= 0.6 is 0 Å². The minimum absolute atomic E-state index is 0.168. The zero-order valence-corrected chi connectivity index (χ0v) is 12.4. The molecule has 2 N–H and O–H groups in total. The molecule has 21 heavy (non-hydrogen) atoms. The number of hydrogen-bond acceptors (Lipinski definition) is 7. The van der Waals surface area contributed by atoms with Gasteiger partial charge in [-0.1, -0.05) is 0 Å². The van der Waals surface area contributed by atoms with Crippen molar-refractivity contribution < 1.29 is 24.2 Å². The minimum Gasteiger partial charge on any atom is -0.375 e. The largest absolute Gasteiger partial charge is 0.375 e. The van der Waals surface area contributed by atoms with E-state index >= 15 is 0 Å². The van der Waals surface area contributed by atoms with Crippen LogP contribution in [0.2, 0.25) is 0 Å². The summed E-state index contributed by atoms with van der Waals surface area (Å²) in [5, 5.41) is 13.7. The second-order valence-corrected chi connectivity index (χ2v) is 5.98. The Hall–Kier alpha value is -0.280. The molecule has 2 unspecified atom stereocenters. The van der Waals surface area contributed by atoms with Crippen LogP contribution in [-0.4, -0.2) is 87.3 Å². The molecule has 0 bridgehead atoms. The van der Waals surface area contributed by atoms with E-state index in [0.717, 1.165) is 45.8 Å². The highest BCUT2D eigenvalue weighted by molar-refractivity contribution is 4.78. The molecule has 0 aromatic carbocycles. The van der Waals surface area contributed by atoms with Gasteiger partial charge in [-0.05, 0) is 0 Å². The van der Waals surface area contributed by atoms with Crippen LogP contribution in [0.1, 0.15) is 12.8 Å². The van der Waals surface area contributed by atoms with Crippen molar-refractivity contribution in [1.29, 1.82) is 0 Å². The number of nitrogens with zero attached hydrogens (tertiary/aromatic N) is 1. The molecule has 7 nitrogen and oxygen atoms in total. The van der Waals surface area contributed by atoms with Gasteiger partial charge in [0, 0.05) is 32.5 Å². The number of nitrogens with one attached hydrogen (secondary N) is 1. The van der Waals surface area contributed by atoms with Gasteiger partial charge in [0.05, 0.1) is 57.4 Å². The van der Waals surface area contributed by atoms with Crippen LogP contribution in [0, 0.1) is 0 Å². The summed E-state index contributed by atoms with van der Waals surface area (Å²) in [6, 6.07) is 0. The molecule has 0 radical (unpaired) electrons. The highest BCUT2D eigenvalue weighted by atomic mass is 16.6. The molecule has 4 saturated heterocycles. The van der Waals surface area contributed by atoms with Crippen LogP contribution in [0.4, 0.5) is 0 Å². The Morgan fingerprint density at radius 2 is 1.57 bits per heavy atom. The summed E-state index contributed by atoms with van der Waals surface area (Å²) < 4.78 is 21.1. The van der Waals surface area contributed by atoms with Gasteiger partial charge in [0.15, 0.2) is 0 Å². The maximum absolute atomic E-state index is 9.13. The first kappa shape index (κ1) is 15.6. The lowest BCUT2D eigenvalue weighted by Crippen LogP contribution is -2.40. The Morgan fingerprint density at radius 3 is 2.14 bits per heavy atom. The van der Waals surface area contributed by atoms with E-state index in [1.165, 1.54) is 5.06 Å². The molecule has 0 aromatic rings. The van der Waals surface area contributed by atoms with E-state index in [4.69, 9.17) is 24.2 Å². The van der Waals surface area contributed by atoms with Crippen molar-refractivity contribution >= 4 is 0 Å². The predicted molar refractivity (Wildman–Crippen MR) is 74.4 cm³/mol. The Kier molecular flexibility index (Phi) is 5.82. The minimum atomic E-state index is 0.168. The smallest absolute Gasteiger partial charge is 0.0835 e. The van der Waals surface area contributed by atoms with Crippen molar-refractivity contribution in [2.75, 3.05) is 52.6 Å². The summed E-state index contributed by atoms with van der Waals surface area (Å²) in [4.78, 5) is 0. The monoisotopic (exact) mass is 302 g/mol. The summed E-state index contributed by atoms with van der Waals surface area (Å²) in [6.07, 6.45) is 3.48. The third-order valence-electron chi connectivity index (χ3n) is 3.98. The van der Waals surface area contributed by atoms with Crippen molar-refractivity contribution in [2.24, 2.45) is 0 Å². The predicted octanol–water partition coefficient (Wildman–Crippen LogP) is -0.371. The zero-order chi connectivity index (χ0) is 14.5. The molecule has 0 amide bonds. The molecule has 4 rings (SSSR count). The third kappa shape index (κ3) is 6.15. The molecule has 0 spiro atoms. The van der Waals surface area contributed by atoms with Crippen LogP contribution in [0.15, 0.2) is 0 Å². The van der Waals surface area contributed by atoms with Crippen LogP contribution in [0.3, 0.4) is 0 Å². The molecule has 0 aromatic heterocycles. The van der Waals surface area contributed by atoms with Crippen LogP contribution in [0.25, 0.3) is 0 Å². The first-order chi connectivity index (χ1) is 10.3. The number of morpholine rings is 2. The average Bonchev–Trinajstić information content (AvgIpc) is 3.38. The maximum atomic E-state index is 9.13. The van der Waals surface area contributed by atoms with E-state index in [0.29, 0.717) is 38.0 Å². The molecule has 122 valence electrons. The first-order valence-electron chi connectivity index (χ1n) is 7.90. The highest BCUT2D eigenvalue weighted by Gasteiger charge is 2.29. The summed E-state index contributed by atoms with van der Waals surface area (Å²) in [7, 11) is 0. The lowest BCUT2D eigenvalue weighted by atomic mass is 10.2. The van der Waals surface area contributed by atoms with Crippen LogP contribution < -0.4 is 5.32 Å². The van der Waals surface area contributed by atoms with Crippen LogP contribution in [0.5, 0.6) is 0 Å². The molecular formula is C14H26N2O5. The summed E-state index contributed by atoms with van der Waals surface area (Å²) >= 11 is 0. The number of epoxide rings is 2. The standard InChI is InChI=1S/C7H13NO3.C7H13NO2/c9-8-1-2-10-6(4-8)3-7-5-11-7;1-2-9-6(4-8-1)3-7-5-10-7/h6-7,9H,1-5H2;6-8H,1-5H2/t2*6?,7-/m00/s1. The van der Waals surface area contributed by atoms with Gasteiger partial charge in [0.2, 0.25) is 0 Å². The number of hydrogen-bond donors (Lipinski definition) is 2. The fourth-order valence-corrected chi connectivity index (χ4v) is 2.61. The van der Waals surface area contributed by atoms with E-state index in [2.05, 4.69) is 5.32 Å². The fourth-order valence-electron chi connectivity index (χ4n) is 2.61. The molecule has 4 heterocycles. The van der Waals surface area contributed by atoms with Gasteiger partial charge in [-0.15, -0.1) is 0 Å². The quantitative estimate of drug-likeness (QED) is 0.686. The molecular weight excluding hydrogens is 276 g/mol. The first-order valence-corrected chi connectivity index (χ1v) is 7.90. The number of hydroxylamine groups is 2. The molecule has 4 fully saturated rings. The zero-order valence-electron chi connectivity index (χ0n) is 12.4. The lowest BCUT2D eigenvalue weighted by molar-refractivity contribution is -0.170. The van der Waals surface area contributed by atoms with Crippen molar-refractivity contribution in [3.8, 4) is 0 Å². The number of rotatable bonds is 4. The molecule has 4 atom stereocenters. The molecule has 4 aliphatic heterocycles. The Balaban J connectivity index is 0.000000126. The topological polar surface area (TPSA) is 79.0 Å². The normalized spacial score (nSPS) is 39.3. The van der Waals surface area contributed by atoms with Gasteiger partial charge in [-0.3, -0.25) is 0 Å². The van der Waals surface area contributed by atoms with Crippen molar-refractivity contribution in [3.05, 3.63) is 0 Å². The molecule has 4 aliphatic rings. The Labute approximate surface area is 125 Å². The van der Waals surface area contributed by atoms with Crippen molar-refractivity contribution in [2.45, 2.75) is 37.3 Å².